The first kappa shape index (κ1) is 28.4. The fourth-order valence-corrected chi connectivity index (χ4v) is 7.56. The molecule has 0 saturated heterocycles. The molecule has 0 bridgehead atoms. The van der Waals surface area contributed by atoms with E-state index in [2.05, 4.69) is 142 Å². The fourth-order valence-electron chi connectivity index (χ4n) is 7.56. The van der Waals surface area contributed by atoms with Crippen LogP contribution in [0.5, 0.6) is 0 Å². The van der Waals surface area contributed by atoms with E-state index in [0.717, 1.165) is 74.1 Å². The molecule has 7 aromatic rings. The molecule has 9 rings (SSSR count). The van der Waals surface area contributed by atoms with Gasteiger partial charge in [-0.15, -0.1) is 0 Å². The molecule has 228 valence electrons. The summed E-state index contributed by atoms with van der Waals surface area (Å²) >= 11 is 0. The summed E-state index contributed by atoms with van der Waals surface area (Å²) < 4.78 is 4.59. The van der Waals surface area contributed by atoms with E-state index in [0.29, 0.717) is 17.5 Å². The van der Waals surface area contributed by atoms with Crippen molar-refractivity contribution in [2.24, 2.45) is 0 Å². The summed E-state index contributed by atoms with van der Waals surface area (Å²) in [4.78, 5) is 0. The predicted molar refractivity (Wildman–Crippen MR) is 199 cm³/mol. The van der Waals surface area contributed by atoms with E-state index in [4.69, 9.17) is 0 Å². The van der Waals surface area contributed by atoms with Gasteiger partial charge in [-0.2, -0.15) is 10.5 Å². The molecule has 49 heavy (non-hydrogen) atoms. The Kier molecular flexibility index (Phi) is 6.65. The molecule has 0 fully saturated rings. The summed E-state index contributed by atoms with van der Waals surface area (Å²) in [6, 6.07) is 42.2. The van der Waals surface area contributed by atoms with Gasteiger partial charge in [0.05, 0.1) is 51.2 Å². The maximum atomic E-state index is 9.95. The molecule has 0 N–H and O–H groups in total. The highest BCUT2D eigenvalue weighted by Crippen LogP contribution is 2.41. The summed E-state index contributed by atoms with van der Waals surface area (Å²) in [5.74, 6) is 6.76. The standard InChI is InChI=1S/C45H28N4/c46-28-30-18-24-44(48-40-14-3-1-2-10-34(40)35-11-4-7-15-41(35)48)38(26-30)32-20-22-33(23-21-32)39-27-31(29-47)19-25-45(39)49-42-16-8-5-12-36(42)37-13-6-9-17-43(37)49/h2,4-13,15-20,22,24-27H,1,21,23H2. The molecule has 4 heteroatoms. The number of aromatic nitrogens is 2. The Balaban J connectivity index is 1.22. The topological polar surface area (TPSA) is 57.4 Å². The highest BCUT2D eigenvalue weighted by molar-refractivity contribution is 6.09. The number of allylic oxidation sites excluding steroid dienone is 5. The first-order valence-electron chi connectivity index (χ1n) is 16.5. The normalized spacial score (nSPS) is 13.6. The molecular weight excluding hydrogens is 597 g/mol. The van der Waals surface area contributed by atoms with Crippen LogP contribution in [0.15, 0.2) is 127 Å². The van der Waals surface area contributed by atoms with Crippen LogP contribution in [0.4, 0.5) is 0 Å². The Morgan fingerprint density at radius 1 is 0.571 bits per heavy atom. The Labute approximate surface area is 284 Å². The fraction of sp³-hybridized carbons (Fsp3) is 0.0667. The van der Waals surface area contributed by atoms with Crippen LogP contribution in [0, 0.1) is 34.5 Å². The molecule has 2 aromatic heterocycles. The van der Waals surface area contributed by atoms with Gasteiger partial charge in [0.1, 0.15) is 5.69 Å². The average Bonchev–Trinajstić information content (AvgIpc) is 3.54. The summed E-state index contributed by atoms with van der Waals surface area (Å²) in [7, 11) is 0. The van der Waals surface area contributed by atoms with E-state index in [1.54, 1.807) is 0 Å². The van der Waals surface area contributed by atoms with Crippen molar-refractivity contribution >= 4 is 49.9 Å². The van der Waals surface area contributed by atoms with E-state index in [1.807, 2.05) is 24.3 Å². The van der Waals surface area contributed by atoms with Crippen molar-refractivity contribution in [2.75, 3.05) is 0 Å². The Hall–Kier alpha value is -6.80. The maximum Gasteiger partial charge on any atom is 0.105 e. The Morgan fingerprint density at radius 2 is 1.08 bits per heavy atom. The average molecular weight is 625 g/mol. The van der Waals surface area contributed by atoms with E-state index in [1.165, 1.54) is 16.3 Å². The first-order valence-corrected chi connectivity index (χ1v) is 16.5. The summed E-state index contributed by atoms with van der Waals surface area (Å²) in [5.41, 5.74) is 13.2. The third kappa shape index (κ3) is 4.53. The third-order valence-electron chi connectivity index (χ3n) is 9.78. The SMILES string of the molecule is N#Cc1ccc(-n2c3c(c4ccccc42)C=CCC#C3)c(C2=CC=C(c3cc(C#N)ccc3-n3c4ccccc4c4ccccc43)CC2)c1. The molecule has 0 radical (unpaired) electrons. The smallest absolute Gasteiger partial charge is 0.105 e. The van der Waals surface area contributed by atoms with Gasteiger partial charge in [-0.05, 0) is 84.5 Å². The van der Waals surface area contributed by atoms with Gasteiger partial charge in [0, 0.05) is 39.3 Å². The zero-order chi connectivity index (χ0) is 32.9. The highest BCUT2D eigenvalue weighted by Gasteiger charge is 2.23. The van der Waals surface area contributed by atoms with E-state index >= 15 is 0 Å². The lowest BCUT2D eigenvalue weighted by atomic mass is 9.87. The van der Waals surface area contributed by atoms with Crippen molar-refractivity contribution in [3.63, 3.8) is 0 Å². The van der Waals surface area contributed by atoms with Crippen LogP contribution in [-0.4, -0.2) is 9.13 Å². The van der Waals surface area contributed by atoms with Gasteiger partial charge >= 0.3 is 0 Å². The van der Waals surface area contributed by atoms with Gasteiger partial charge in [-0.1, -0.05) is 84.8 Å². The number of nitrogens with zero attached hydrogens (tertiary/aromatic N) is 4. The minimum atomic E-state index is 0.623. The van der Waals surface area contributed by atoms with Crippen molar-refractivity contribution < 1.29 is 0 Å². The van der Waals surface area contributed by atoms with Gasteiger partial charge < -0.3 is 9.13 Å². The molecule has 2 aliphatic carbocycles. The van der Waals surface area contributed by atoms with Gasteiger partial charge in [0.15, 0.2) is 0 Å². The monoisotopic (exact) mass is 624 g/mol. The second-order valence-electron chi connectivity index (χ2n) is 12.5. The molecule has 5 aromatic carbocycles. The molecular formula is C45H28N4. The van der Waals surface area contributed by atoms with Crippen LogP contribution in [0.2, 0.25) is 0 Å². The number of para-hydroxylation sites is 3. The molecule has 0 aliphatic heterocycles. The van der Waals surface area contributed by atoms with E-state index in [-0.39, 0.29) is 0 Å². The van der Waals surface area contributed by atoms with Crippen LogP contribution in [0.1, 0.15) is 52.8 Å². The van der Waals surface area contributed by atoms with Crippen molar-refractivity contribution in [1.82, 2.24) is 9.13 Å². The first-order chi connectivity index (χ1) is 24.2. The second kappa shape index (κ2) is 11.5. The number of hydrogen-bond donors (Lipinski definition) is 0. The van der Waals surface area contributed by atoms with Crippen LogP contribution in [-0.2, 0) is 0 Å². The van der Waals surface area contributed by atoms with Gasteiger partial charge in [0.2, 0.25) is 0 Å². The zero-order valence-electron chi connectivity index (χ0n) is 26.6. The largest absolute Gasteiger partial charge is 0.309 e. The van der Waals surface area contributed by atoms with Gasteiger partial charge in [-0.25, -0.2) is 0 Å². The number of nitriles is 2. The lowest BCUT2D eigenvalue weighted by Crippen LogP contribution is -2.05. The third-order valence-corrected chi connectivity index (χ3v) is 9.78. The molecule has 0 saturated carbocycles. The van der Waals surface area contributed by atoms with E-state index in [9.17, 15) is 10.5 Å². The molecule has 0 spiro atoms. The molecule has 0 amide bonds. The quantitative estimate of drug-likeness (QED) is 0.183. The second-order valence-corrected chi connectivity index (χ2v) is 12.5. The number of rotatable bonds is 4. The maximum absolute atomic E-state index is 9.95. The number of benzene rings is 5. The van der Waals surface area contributed by atoms with Crippen LogP contribution in [0.25, 0.3) is 61.3 Å². The van der Waals surface area contributed by atoms with Crippen LogP contribution >= 0.6 is 0 Å². The number of hydrogen-bond acceptors (Lipinski definition) is 2. The van der Waals surface area contributed by atoms with Crippen LogP contribution < -0.4 is 0 Å². The lowest BCUT2D eigenvalue weighted by Gasteiger charge is -2.22. The summed E-state index contributed by atoms with van der Waals surface area (Å²) in [6.45, 7) is 0. The van der Waals surface area contributed by atoms with Crippen molar-refractivity contribution in [2.45, 2.75) is 19.3 Å². The lowest BCUT2D eigenvalue weighted by molar-refractivity contribution is 1.04. The molecule has 0 atom stereocenters. The predicted octanol–water partition coefficient (Wildman–Crippen LogP) is 10.5. The van der Waals surface area contributed by atoms with Gasteiger partial charge in [0.25, 0.3) is 0 Å². The van der Waals surface area contributed by atoms with E-state index < -0.39 is 0 Å². The minimum absolute atomic E-state index is 0.623. The Morgan fingerprint density at radius 3 is 1.63 bits per heavy atom. The summed E-state index contributed by atoms with van der Waals surface area (Å²) in [5, 5.41) is 23.4. The molecule has 2 heterocycles. The van der Waals surface area contributed by atoms with Crippen molar-refractivity contribution in [3.8, 4) is 35.4 Å². The van der Waals surface area contributed by atoms with Crippen LogP contribution in [0.3, 0.4) is 0 Å². The molecule has 2 aliphatic rings. The van der Waals surface area contributed by atoms with Crippen molar-refractivity contribution in [1.29, 1.82) is 10.5 Å². The van der Waals surface area contributed by atoms with Crippen molar-refractivity contribution in [3.05, 3.63) is 161 Å². The molecule has 4 nitrogen and oxygen atoms in total. The Bertz CT molecular complexity index is 2720. The minimum Gasteiger partial charge on any atom is -0.309 e. The zero-order valence-corrected chi connectivity index (χ0v) is 26.6. The highest BCUT2D eigenvalue weighted by atomic mass is 15.0. The molecule has 0 unspecified atom stereocenters. The summed E-state index contributed by atoms with van der Waals surface area (Å²) in [6.07, 6.45) is 11.0. The van der Waals surface area contributed by atoms with Gasteiger partial charge in [-0.3, -0.25) is 0 Å². The number of fused-ring (bicyclic) bond motifs is 6.